The molecule has 3 N–H and O–H groups in total. The van der Waals surface area contributed by atoms with E-state index in [9.17, 15) is 0 Å². The summed E-state index contributed by atoms with van der Waals surface area (Å²) in [6.07, 6.45) is 2.10. The lowest BCUT2D eigenvalue weighted by atomic mass is 10.1. The van der Waals surface area contributed by atoms with Gasteiger partial charge in [-0.2, -0.15) is 0 Å². The Morgan fingerprint density at radius 3 is 2.62 bits per heavy atom. The van der Waals surface area contributed by atoms with Crippen molar-refractivity contribution in [2.45, 2.75) is 33.7 Å². The van der Waals surface area contributed by atoms with E-state index < -0.39 is 0 Å². The zero-order valence-corrected chi connectivity index (χ0v) is 17.7. The van der Waals surface area contributed by atoms with Crippen molar-refractivity contribution >= 4 is 17.3 Å². The topological polar surface area (TPSA) is 65.2 Å². The van der Waals surface area contributed by atoms with Crippen LogP contribution in [0.2, 0.25) is 0 Å². The number of para-hydroxylation sites is 1. The Balaban J connectivity index is 1.92. The molecule has 0 fully saturated rings. The minimum absolute atomic E-state index is 0.401. The molecule has 0 unspecified atom stereocenters. The van der Waals surface area contributed by atoms with Crippen molar-refractivity contribution in [3.8, 4) is 5.75 Å². The molecule has 3 aromatic rings. The second-order valence-electron chi connectivity index (χ2n) is 7.85. The molecular weight excluding hydrogens is 360 g/mol. The van der Waals surface area contributed by atoms with E-state index >= 15 is 0 Å². The fourth-order valence-electron chi connectivity index (χ4n) is 3.75. The van der Waals surface area contributed by atoms with E-state index in [0.717, 1.165) is 45.4 Å². The first-order valence-corrected chi connectivity index (χ1v) is 10.0. The molecule has 0 saturated heterocycles. The zero-order chi connectivity index (χ0) is 20.5. The van der Waals surface area contributed by atoms with Crippen molar-refractivity contribution in [1.29, 1.82) is 0 Å². The normalized spacial score (nSPS) is 15.8. The number of H-pyrrole nitrogens is 2. The third kappa shape index (κ3) is 3.78. The number of hydrogen-bond donors (Lipinski definition) is 3. The highest BCUT2D eigenvalue weighted by molar-refractivity contribution is 5.89. The van der Waals surface area contributed by atoms with E-state index in [1.807, 2.05) is 12.1 Å². The van der Waals surface area contributed by atoms with Gasteiger partial charge in [0.2, 0.25) is 0 Å². The van der Waals surface area contributed by atoms with Gasteiger partial charge in [0, 0.05) is 40.8 Å². The molecule has 1 aromatic carbocycles. The number of aromatic amines is 2. The van der Waals surface area contributed by atoms with Gasteiger partial charge >= 0.3 is 0 Å². The molecule has 29 heavy (non-hydrogen) atoms. The van der Waals surface area contributed by atoms with Gasteiger partial charge in [-0.3, -0.25) is 0 Å². The van der Waals surface area contributed by atoms with E-state index in [1.165, 1.54) is 16.4 Å². The SMILES string of the molecule is COc1cc(=C2N=c3ccccc3=C2CNC(C)C)[nH]/c1=C\c1[nH]c(C)cc1C. The minimum atomic E-state index is 0.401. The Labute approximate surface area is 170 Å². The van der Waals surface area contributed by atoms with Gasteiger partial charge in [-0.1, -0.05) is 32.0 Å². The standard InChI is InChI=1S/C24H28N4O/c1-14(2)25-13-18-17-8-6-7-9-19(17)28-24(18)22-12-23(29-5)21(27-22)11-20-15(3)10-16(4)26-20/h6-12,14,25-27H,13H2,1-5H3/b21-11-,24-22?. The van der Waals surface area contributed by atoms with Crippen LogP contribution in [0.5, 0.6) is 5.75 Å². The van der Waals surface area contributed by atoms with Gasteiger partial charge in [0.15, 0.2) is 0 Å². The molecule has 1 aliphatic heterocycles. The predicted octanol–water partition coefficient (Wildman–Crippen LogP) is 1.39. The summed E-state index contributed by atoms with van der Waals surface area (Å²) in [5, 5.41) is 7.63. The molecule has 0 radical (unpaired) electrons. The van der Waals surface area contributed by atoms with Crippen LogP contribution in [0.4, 0.5) is 0 Å². The Bertz CT molecular complexity index is 1290. The maximum absolute atomic E-state index is 5.66. The van der Waals surface area contributed by atoms with Gasteiger partial charge in [-0.05, 0) is 37.6 Å². The summed E-state index contributed by atoms with van der Waals surface area (Å²) in [4.78, 5) is 11.9. The number of ether oxygens (including phenoxy) is 1. The first kappa shape index (κ1) is 19.3. The molecule has 3 heterocycles. The van der Waals surface area contributed by atoms with Gasteiger partial charge in [-0.25, -0.2) is 4.99 Å². The number of aromatic nitrogens is 2. The summed E-state index contributed by atoms with van der Waals surface area (Å²) in [6.45, 7) is 9.25. The van der Waals surface area contributed by atoms with Gasteiger partial charge < -0.3 is 20.0 Å². The summed E-state index contributed by atoms with van der Waals surface area (Å²) in [5.74, 6) is 0.807. The summed E-state index contributed by atoms with van der Waals surface area (Å²) in [5.41, 5.74) is 5.61. The molecule has 1 aliphatic rings. The van der Waals surface area contributed by atoms with Crippen molar-refractivity contribution in [2.75, 3.05) is 13.7 Å². The molecule has 5 nitrogen and oxygen atoms in total. The number of nitrogens with one attached hydrogen (secondary N) is 3. The lowest BCUT2D eigenvalue weighted by Gasteiger charge is -2.09. The van der Waals surface area contributed by atoms with E-state index in [-0.39, 0.29) is 0 Å². The number of nitrogens with zero attached hydrogens (tertiary/aromatic N) is 1. The Morgan fingerprint density at radius 1 is 1.14 bits per heavy atom. The van der Waals surface area contributed by atoms with E-state index in [1.54, 1.807) is 7.11 Å². The zero-order valence-electron chi connectivity index (χ0n) is 17.7. The maximum atomic E-state index is 5.66. The van der Waals surface area contributed by atoms with Crippen molar-refractivity contribution in [2.24, 2.45) is 4.99 Å². The number of fused-ring (bicyclic) bond motifs is 1. The monoisotopic (exact) mass is 388 g/mol. The molecule has 0 atom stereocenters. The van der Waals surface area contributed by atoms with E-state index in [4.69, 9.17) is 9.73 Å². The van der Waals surface area contributed by atoms with E-state index in [2.05, 4.69) is 73.3 Å². The molecule has 0 bridgehead atoms. The van der Waals surface area contributed by atoms with Crippen LogP contribution in [-0.4, -0.2) is 29.7 Å². The predicted molar refractivity (Wildman–Crippen MR) is 118 cm³/mol. The van der Waals surface area contributed by atoms with Gasteiger partial charge in [0.05, 0.1) is 28.9 Å². The van der Waals surface area contributed by atoms with Crippen molar-refractivity contribution < 1.29 is 4.74 Å². The van der Waals surface area contributed by atoms with Crippen LogP contribution in [0.1, 0.15) is 30.8 Å². The van der Waals surface area contributed by atoms with E-state index in [0.29, 0.717) is 6.04 Å². The number of hydrogen-bond acceptors (Lipinski definition) is 3. The minimum Gasteiger partial charge on any atom is -0.494 e. The number of benzene rings is 1. The second kappa shape index (κ2) is 7.76. The highest BCUT2D eigenvalue weighted by atomic mass is 16.5. The first-order chi connectivity index (χ1) is 14.0. The Kier molecular flexibility index (Phi) is 5.16. The van der Waals surface area contributed by atoms with Gasteiger partial charge in [0.1, 0.15) is 5.75 Å². The van der Waals surface area contributed by atoms with Crippen LogP contribution >= 0.6 is 0 Å². The van der Waals surface area contributed by atoms with Crippen LogP contribution in [0, 0.1) is 13.8 Å². The first-order valence-electron chi connectivity index (χ1n) is 10.0. The van der Waals surface area contributed by atoms with Gasteiger partial charge in [-0.15, -0.1) is 0 Å². The Hall–Kier alpha value is -3.05. The summed E-state index contributed by atoms with van der Waals surface area (Å²) in [7, 11) is 1.70. The molecule has 5 heteroatoms. The summed E-state index contributed by atoms with van der Waals surface area (Å²) in [6, 6.07) is 12.9. The van der Waals surface area contributed by atoms with Crippen LogP contribution in [0.15, 0.2) is 41.4 Å². The fraction of sp³-hybridized carbons (Fsp3) is 0.292. The average molecular weight is 389 g/mol. The lowest BCUT2D eigenvalue weighted by molar-refractivity contribution is 0.412. The number of rotatable bonds is 5. The number of aryl methyl sites for hydroxylation is 2. The highest BCUT2D eigenvalue weighted by Crippen LogP contribution is 2.14. The molecule has 4 rings (SSSR count). The van der Waals surface area contributed by atoms with Crippen molar-refractivity contribution in [3.63, 3.8) is 0 Å². The smallest absolute Gasteiger partial charge is 0.144 e. The quantitative estimate of drug-likeness (QED) is 0.618. The molecular formula is C24H28N4O. The van der Waals surface area contributed by atoms with Crippen LogP contribution < -0.4 is 31.3 Å². The Morgan fingerprint density at radius 2 is 1.93 bits per heavy atom. The molecule has 2 aromatic heterocycles. The molecule has 0 spiro atoms. The van der Waals surface area contributed by atoms with Gasteiger partial charge in [0.25, 0.3) is 0 Å². The van der Waals surface area contributed by atoms with Crippen molar-refractivity contribution in [1.82, 2.24) is 15.3 Å². The van der Waals surface area contributed by atoms with Crippen LogP contribution in [0.25, 0.3) is 17.3 Å². The average Bonchev–Trinajstić information content (AvgIpc) is 3.35. The van der Waals surface area contributed by atoms with Crippen LogP contribution in [0.3, 0.4) is 0 Å². The third-order valence-corrected chi connectivity index (χ3v) is 5.20. The molecule has 0 aliphatic carbocycles. The number of methoxy groups -OCH3 is 1. The fourth-order valence-corrected chi connectivity index (χ4v) is 3.75. The van der Waals surface area contributed by atoms with Crippen LogP contribution in [-0.2, 0) is 0 Å². The lowest BCUT2D eigenvalue weighted by Crippen LogP contribution is -2.30. The molecule has 0 amide bonds. The summed E-state index contributed by atoms with van der Waals surface area (Å²) < 4.78 is 5.66. The third-order valence-electron chi connectivity index (χ3n) is 5.20. The molecule has 150 valence electrons. The highest BCUT2D eigenvalue weighted by Gasteiger charge is 2.15. The maximum Gasteiger partial charge on any atom is 0.144 e. The van der Waals surface area contributed by atoms with Crippen molar-refractivity contribution in [3.05, 3.63) is 74.6 Å². The summed E-state index contributed by atoms with van der Waals surface area (Å²) >= 11 is 0. The largest absolute Gasteiger partial charge is 0.494 e. The molecule has 0 saturated carbocycles. The second-order valence-corrected chi connectivity index (χ2v) is 7.85.